The summed E-state index contributed by atoms with van der Waals surface area (Å²) in [7, 11) is 3.77. The molecular formula is C16H19FN4O3. The van der Waals surface area contributed by atoms with Crippen molar-refractivity contribution in [1.82, 2.24) is 15.1 Å². The summed E-state index contributed by atoms with van der Waals surface area (Å²) in [6, 6.07) is 4.66. The average molecular weight is 334 g/mol. The van der Waals surface area contributed by atoms with Crippen LogP contribution in [0.5, 0.6) is 0 Å². The largest absolute Gasteiger partial charge is 0.331 e. The minimum absolute atomic E-state index is 0.0414. The average Bonchev–Trinajstić information content (AvgIpc) is 2.52. The SMILES string of the molecule is CN(C)CCN=CC1C(=O)NC(=O)N(Cc2ccc(F)cc2)C1=O. The Labute approximate surface area is 139 Å². The molecule has 1 aliphatic heterocycles. The molecule has 128 valence electrons. The Morgan fingerprint density at radius 2 is 1.92 bits per heavy atom. The maximum atomic E-state index is 12.9. The molecule has 1 heterocycles. The molecule has 1 N–H and O–H groups in total. The molecule has 4 amide bonds. The number of benzene rings is 1. The van der Waals surface area contributed by atoms with Gasteiger partial charge in [-0.2, -0.15) is 0 Å². The Morgan fingerprint density at radius 1 is 1.25 bits per heavy atom. The molecule has 0 radical (unpaired) electrons. The van der Waals surface area contributed by atoms with Crippen molar-refractivity contribution >= 4 is 24.1 Å². The van der Waals surface area contributed by atoms with Crippen molar-refractivity contribution in [3.05, 3.63) is 35.6 Å². The van der Waals surface area contributed by atoms with E-state index in [1.54, 1.807) is 0 Å². The molecule has 0 aromatic heterocycles. The van der Waals surface area contributed by atoms with Crippen LogP contribution in [-0.2, 0) is 16.1 Å². The highest BCUT2D eigenvalue weighted by atomic mass is 19.1. The zero-order chi connectivity index (χ0) is 17.7. The van der Waals surface area contributed by atoms with Crippen LogP contribution in [0.4, 0.5) is 9.18 Å². The van der Waals surface area contributed by atoms with Crippen molar-refractivity contribution in [3.8, 4) is 0 Å². The second-order valence-electron chi connectivity index (χ2n) is 5.68. The smallest absolute Gasteiger partial charge is 0.308 e. The maximum absolute atomic E-state index is 12.9. The minimum Gasteiger partial charge on any atom is -0.308 e. The number of nitrogens with one attached hydrogen (secondary N) is 1. The highest BCUT2D eigenvalue weighted by Gasteiger charge is 2.39. The predicted molar refractivity (Wildman–Crippen MR) is 85.9 cm³/mol. The molecule has 0 bridgehead atoms. The number of halogens is 1. The van der Waals surface area contributed by atoms with Crippen LogP contribution in [0.3, 0.4) is 0 Å². The first-order chi connectivity index (χ1) is 11.4. The number of aliphatic imine (C=N–C) groups is 1. The lowest BCUT2D eigenvalue weighted by Crippen LogP contribution is -2.57. The van der Waals surface area contributed by atoms with E-state index in [4.69, 9.17) is 0 Å². The van der Waals surface area contributed by atoms with E-state index in [2.05, 4.69) is 10.3 Å². The first-order valence-electron chi connectivity index (χ1n) is 7.44. The molecule has 1 saturated heterocycles. The van der Waals surface area contributed by atoms with Crippen LogP contribution in [-0.4, -0.2) is 61.0 Å². The molecule has 1 fully saturated rings. The van der Waals surface area contributed by atoms with Gasteiger partial charge < -0.3 is 4.90 Å². The maximum Gasteiger partial charge on any atom is 0.331 e. The van der Waals surface area contributed by atoms with Gasteiger partial charge in [-0.25, -0.2) is 9.18 Å². The summed E-state index contributed by atoms with van der Waals surface area (Å²) in [5.74, 6) is -2.87. The van der Waals surface area contributed by atoms with E-state index in [0.717, 1.165) is 4.90 Å². The van der Waals surface area contributed by atoms with Crippen molar-refractivity contribution in [2.45, 2.75) is 6.54 Å². The van der Waals surface area contributed by atoms with Crippen LogP contribution in [0.25, 0.3) is 0 Å². The number of hydrogen-bond donors (Lipinski definition) is 1. The lowest BCUT2D eigenvalue weighted by atomic mass is 10.1. The first-order valence-corrected chi connectivity index (χ1v) is 7.44. The summed E-state index contributed by atoms with van der Waals surface area (Å²) in [5, 5.41) is 2.14. The molecule has 24 heavy (non-hydrogen) atoms. The highest BCUT2D eigenvalue weighted by Crippen LogP contribution is 2.14. The van der Waals surface area contributed by atoms with E-state index in [-0.39, 0.29) is 6.54 Å². The van der Waals surface area contributed by atoms with Gasteiger partial charge in [0.1, 0.15) is 5.82 Å². The monoisotopic (exact) mass is 334 g/mol. The van der Waals surface area contributed by atoms with Gasteiger partial charge in [0.05, 0.1) is 13.1 Å². The standard InChI is InChI=1S/C16H19FN4O3/c1-20(2)8-7-18-9-13-14(22)19-16(24)21(15(13)23)10-11-3-5-12(17)6-4-11/h3-6,9,13H,7-8,10H2,1-2H3,(H,19,22,24). The van der Waals surface area contributed by atoms with Gasteiger partial charge in [-0.15, -0.1) is 0 Å². The van der Waals surface area contributed by atoms with Crippen LogP contribution in [0, 0.1) is 11.7 Å². The van der Waals surface area contributed by atoms with Crippen LogP contribution in [0.15, 0.2) is 29.3 Å². The minimum atomic E-state index is -1.13. The fourth-order valence-electron chi connectivity index (χ4n) is 2.12. The highest BCUT2D eigenvalue weighted by molar-refractivity contribution is 6.23. The fraction of sp³-hybridized carbons (Fsp3) is 0.375. The third kappa shape index (κ3) is 4.45. The number of amides is 4. The summed E-state index contributed by atoms with van der Waals surface area (Å²) in [5.41, 5.74) is 0.581. The number of barbiturate groups is 1. The Balaban J connectivity index is 2.08. The number of nitrogens with zero attached hydrogens (tertiary/aromatic N) is 3. The third-order valence-electron chi connectivity index (χ3n) is 3.47. The molecule has 0 spiro atoms. The number of likely N-dealkylation sites (N-methyl/N-ethyl adjacent to an activating group) is 1. The van der Waals surface area contributed by atoms with Crippen molar-refractivity contribution in [3.63, 3.8) is 0 Å². The van der Waals surface area contributed by atoms with E-state index in [1.807, 2.05) is 19.0 Å². The molecule has 0 aliphatic carbocycles. The van der Waals surface area contributed by atoms with Gasteiger partial charge in [-0.05, 0) is 31.8 Å². The Hall–Kier alpha value is -2.61. The molecule has 1 aromatic rings. The Bertz CT molecular complexity index is 658. The van der Waals surface area contributed by atoms with Gasteiger partial charge in [0, 0.05) is 12.8 Å². The topological polar surface area (TPSA) is 82.1 Å². The molecule has 8 heteroatoms. The van der Waals surface area contributed by atoms with E-state index in [1.165, 1.54) is 30.5 Å². The number of carbonyl (C=O) groups is 3. The Morgan fingerprint density at radius 3 is 2.54 bits per heavy atom. The van der Waals surface area contributed by atoms with E-state index >= 15 is 0 Å². The number of urea groups is 1. The molecule has 2 rings (SSSR count). The van der Waals surface area contributed by atoms with E-state index < -0.39 is 29.6 Å². The lowest BCUT2D eigenvalue weighted by Gasteiger charge is -2.28. The normalized spacial score (nSPS) is 18.6. The van der Waals surface area contributed by atoms with Gasteiger partial charge in [0.25, 0.3) is 0 Å². The van der Waals surface area contributed by atoms with Crippen LogP contribution >= 0.6 is 0 Å². The zero-order valence-corrected chi connectivity index (χ0v) is 13.5. The summed E-state index contributed by atoms with van der Waals surface area (Å²) >= 11 is 0. The van der Waals surface area contributed by atoms with Crippen LogP contribution in [0.2, 0.25) is 0 Å². The number of rotatable bonds is 6. The molecule has 1 aromatic carbocycles. The molecule has 1 unspecified atom stereocenters. The molecule has 1 atom stereocenters. The summed E-state index contributed by atoms with van der Waals surface area (Å²) < 4.78 is 12.9. The van der Waals surface area contributed by atoms with Crippen LogP contribution < -0.4 is 5.32 Å². The first kappa shape index (κ1) is 17.7. The second-order valence-corrected chi connectivity index (χ2v) is 5.68. The molecule has 1 aliphatic rings. The summed E-state index contributed by atoms with van der Waals surface area (Å²) in [4.78, 5) is 43.1. The van der Waals surface area contributed by atoms with Gasteiger partial charge in [-0.1, -0.05) is 12.1 Å². The molecule has 7 nitrogen and oxygen atoms in total. The van der Waals surface area contributed by atoms with E-state index in [0.29, 0.717) is 18.7 Å². The van der Waals surface area contributed by atoms with Gasteiger partial charge in [0.15, 0.2) is 5.92 Å². The molecular weight excluding hydrogens is 315 g/mol. The fourth-order valence-corrected chi connectivity index (χ4v) is 2.12. The zero-order valence-electron chi connectivity index (χ0n) is 13.5. The van der Waals surface area contributed by atoms with Crippen molar-refractivity contribution < 1.29 is 18.8 Å². The number of imide groups is 2. The molecule has 0 saturated carbocycles. The predicted octanol–water partition coefficient (Wildman–Crippen LogP) is 0.653. The lowest BCUT2D eigenvalue weighted by molar-refractivity contribution is -0.139. The van der Waals surface area contributed by atoms with Crippen molar-refractivity contribution in [2.24, 2.45) is 10.9 Å². The van der Waals surface area contributed by atoms with E-state index in [9.17, 15) is 18.8 Å². The summed E-state index contributed by atoms with van der Waals surface area (Å²) in [6.07, 6.45) is 1.27. The number of hydrogen-bond acceptors (Lipinski definition) is 5. The van der Waals surface area contributed by atoms with Crippen LogP contribution in [0.1, 0.15) is 5.56 Å². The third-order valence-corrected chi connectivity index (χ3v) is 3.47. The summed E-state index contributed by atoms with van der Waals surface area (Å²) in [6.45, 7) is 1.08. The quantitative estimate of drug-likeness (QED) is 0.612. The van der Waals surface area contributed by atoms with Gasteiger partial charge in [0.2, 0.25) is 11.8 Å². The van der Waals surface area contributed by atoms with Crippen molar-refractivity contribution in [2.75, 3.05) is 27.2 Å². The second kappa shape index (κ2) is 7.78. The number of carbonyl (C=O) groups excluding carboxylic acids is 3. The van der Waals surface area contributed by atoms with Crippen molar-refractivity contribution in [1.29, 1.82) is 0 Å². The van der Waals surface area contributed by atoms with Gasteiger partial charge >= 0.3 is 6.03 Å². The Kier molecular flexibility index (Phi) is 5.75. The van der Waals surface area contributed by atoms with Gasteiger partial charge in [-0.3, -0.25) is 24.8 Å².